The lowest BCUT2D eigenvalue weighted by Crippen LogP contribution is -1.93. The highest BCUT2D eigenvalue weighted by Gasteiger charge is 2.11. The molecular formula is C12H14FN3. The maximum atomic E-state index is 13.7. The molecule has 0 unspecified atom stereocenters. The van der Waals surface area contributed by atoms with Crippen LogP contribution in [-0.4, -0.2) is 9.78 Å². The lowest BCUT2D eigenvalue weighted by atomic mass is 10.1. The van der Waals surface area contributed by atoms with E-state index in [0.717, 1.165) is 17.8 Å². The van der Waals surface area contributed by atoms with Crippen LogP contribution in [0.3, 0.4) is 0 Å². The summed E-state index contributed by atoms with van der Waals surface area (Å²) in [5.41, 5.74) is 8.34. The van der Waals surface area contributed by atoms with Crippen molar-refractivity contribution in [3.63, 3.8) is 0 Å². The quantitative estimate of drug-likeness (QED) is 0.789. The van der Waals surface area contributed by atoms with Crippen LogP contribution in [0.15, 0.2) is 24.4 Å². The first-order valence-corrected chi connectivity index (χ1v) is 5.21. The molecule has 84 valence electrons. The number of aromatic nitrogens is 2. The van der Waals surface area contributed by atoms with Crippen molar-refractivity contribution in [1.29, 1.82) is 0 Å². The summed E-state index contributed by atoms with van der Waals surface area (Å²) in [4.78, 5) is 0. The lowest BCUT2D eigenvalue weighted by molar-refractivity contribution is 0.631. The SMILES string of the molecule is CCn1cc(-c2cc(N)ccc2F)c(C)n1. The number of nitrogen functional groups attached to an aromatic ring is 1. The predicted octanol–water partition coefficient (Wildman–Crippen LogP) is 2.60. The van der Waals surface area contributed by atoms with Gasteiger partial charge in [0.1, 0.15) is 5.82 Å². The van der Waals surface area contributed by atoms with E-state index in [1.807, 2.05) is 20.0 Å². The molecule has 0 radical (unpaired) electrons. The molecule has 1 heterocycles. The zero-order valence-corrected chi connectivity index (χ0v) is 9.37. The van der Waals surface area contributed by atoms with Crippen molar-refractivity contribution in [3.05, 3.63) is 35.9 Å². The maximum absolute atomic E-state index is 13.7. The molecule has 2 aromatic rings. The van der Waals surface area contributed by atoms with Crippen LogP contribution < -0.4 is 5.73 Å². The Balaban J connectivity index is 2.57. The molecule has 0 amide bonds. The zero-order valence-electron chi connectivity index (χ0n) is 9.37. The molecule has 0 aliphatic rings. The summed E-state index contributed by atoms with van der Waals surface area (Å²) in [6.45, 7) is 4.63. The van der Waals surface area contributed by atoms with E-state index in [-0.39, 0.29) is 5.82 Å². The summed E-state index contributed by atoms with van der Waals surface area (Å²) >= 11 is 0. The zero-order chi connectivity index (χ0) is 11.7. The lowest BCUT2D eigenvalue weighted by Gasteiger charge is -2.02. The Kier molecular flexibility index (Phi) is 2.64. The molecule has 0 bridgehead atoms. The van der Waals surface area contributed by atoms with Gasteiger partial charge in [-0.2, -0.15) is 5.10 Å². The molecule has 2 N–H and O–H groups in total. The van der Waals surface area contributed by atoms with E-state index in [1.54, 1.807) is 16.8 Å². The first-order chi connectivity index (χ1) is 7.61. The largest absolute Gasteiger partial charge is 0.399 e. The van der Waals surface area contributed by atoms with Gasteiger partial charge in [-0.1, -0.05) is 0 Å². The monoisotopic (exact) mass is 219 g/mol. The Morgan fingerprint density at radius 1 is 1.38 bits per heavy atom. The average Bonchev–Trinajstić information content (AvgIpc) is 2.63. The van der Waals surface area contributed by atoms with Gasteiger partial charge in [-0.3, -0.25) is 4.68 Å². The fraction of sp³-hybridized carbons (Fsp3) is 0.250. The van der Waals surface area contributed by atoms with Crippen LogP contribution in [0, 0.1) is 12.7 Å². The van der Waals surface area contributed by atoms with E-state index in [1.165, 1.54) is 6.07 Å². The van der Waals surface area contributed by atoms with Crippen molar-refractivity contribution < 1.29 is 4.39 Å². The van der Waals surface area contributed by atoms with Gasteiger partial charge in [0.15, 0.2) is 0 Å². The molecule has 0 atom stereocenters. The maximum Gasteiger partial charge on any atom is 0.131 e. The highest BCUT2D eigenvalue weighted by atomic mass is 19.1. The van der Waals surface area contributed by atoms with Gasteiger partial charge in [-0.25, -0.2) is 4.39 Å². The number of rotatable bonds is 2. The molecular weight excluding hydrogens is 205 g/mol. The second-order valence-corrected chi connectivity index (χ2v) is 3.72. The minimum atomic E-state index is -0.270. The van der Waals surface area contributed by atoms with Crippen LogP contribution in [-0.2, 0) is 6.54 Å². The third kappa shape index (κ3) is 1.78. The topological polar surface area (TPSA) is 43.8 Å². The fourth-order valence-corrected chi connectivity index (χ4v) is 1.69. The molecule has 0 saturated heterocycles. The molecule has 0 aliphatic heterocycles. The van der Waals surface area contributed by atoms with E-state index >= 15 is 0 Å². The van der Waals surface area contributed by atoms with Crippen molar-refractivity contribution in [2.45, 2.75) is 20.4 Å². The third-order valence-corrected chi connectivity index (χ3v) is 2.55. The van der Waals surface area contributed by atoms with Gasteiger partial charge in [0.2, 0.25) is 0 Å². The van der Waals surface area contributed by atoms with Gasteiger partial charge < -0.3 is 5.73 Å². The number of hydrogen-bond donors (Lipinski definition) is 1. The van der Waals surface area contributed by atoms with E-state index in [4.69, 9.17) is 5.73 Å². The molecule has 4 heteroatoms. The third-order valence-electron chi connectivity index (χ3n) is 2.55. The Morgan fingerprint density at radius 3 is 2.75 bits per heavy atom. The minimum Gasteiger partial charge on any atom is -0.399 e. The smallest absolute Gasteiger partial charge is 0.131 e. The number of nitrogens with two attached hydrogens (primary N) is 1. The van der Waals surface area contributed by atoms with E-state index in [0.29, 0.717) is 11.3 Å². The molecule has 0 spiro atoms. The molecule has 0 saturated carbocycles. The predicted molar refractivity (Wildman–Crippen MR) is 62.4 cm³/mol. The second kappa shape index (κ2) is 3.96. The molecule has 2 rings (SSSR count). The van der Waals surface area contributed by atoms with Crippen LogP contribution in [0.4, 0.5) is 10.1 Å². The minimum absolute atomic E-state index is 0.270. The molecule has 16 heavy (non-hydrogen) atoms. The number of hydrogen-bond acceptors (Lipinski definition) is 2. The Bertz CT molecular complexity index is 517. The molecule has 0 fully saturated rings. The average molecular weight is 219 g/mol. The number of nitrogens with zero attached hydrogens (tertiary/aromatic N) is 2. The van der Waals surface area contributed by atoms with Gasteiger partial charge in [0.25, 0.3) is 0 Å². The number of anilines is 1. The summed E-state index contributed by atoms with van der Waals surface area (Å²) in [6.07, 6.45) is 1.84. The van der Waals surface area contributed by atoms with Gasteiger partial charge in [-0.15, -0.1) is 0 Å². The summed E-state index contributed by atoms with van der Waals surface area (Å²) < 4.78 is 15.4. The van der Waals surface area contributed by atoms with Gasteiger partial charge in [0, 0.05) is 29.6 Å². The van der Waals surface area contributed by atoms with Gasteiger partial charge in [-0.05, 0) is 32.0 Å². The van der Waals surface area contributed by atoms with Crippen molar-refractivity contribution >= 4 is 5.69 Å². The number of halogens is 1. The fourth-order valence-electron chi connectivity index (χ4n) is 1.69. The summed E-state index contributed by atoms with van der Waals surface area (Å²) in [5.74, 6) is -0.270. The summed E-state index contributed by atoms with van der Waals surface area (Å²) in [6, 6.07) is 4.57. The second-order valence-electron chi connectivity index (χ2n) is 3.72. The van der Waals surface area contributed by atoms with Crippen LogP contribution >= 0.6 is 0 Å². The van der Waals surface area contributed by atoms with E-state index < -0.39 is 0 Å². The molecule has 3 nitrogen and oxygen atoms in total. The Morgan fingerprint density at radius 2 is 2.12 bits per heavy atom. The first kappa shape index (κ1) is 10.7. The van der Waals surface area contributed by atoms with Gasteiger partial charge in [0.05, 0.1) is 5.69 Å². The molecule has 1 aromatic carbocycles. The normalized spacial score (nSPS) is 10.7. The molecule has 0 aliphatic carbocycles. The number of benzene rings is 1. The standard InChI is InChI=1S/C12H14FN3/c1-3-16-7-11(8(2)15-16)10-6-9(14)4-5-12(10)13/h4-7H,3,14H2,1-2H3. The van der Waals surface area contributed by atoms with Gasteiger partial charge >= 0.3 is 0 Å². The Labute approximate surface area is 93.7 Å². The summed E-state index contributed by atoms with van der Waals surface area (Å²) in [7, 11) is 0. The van der Waals surface area contributed by atoms with Crippen LogP contribution in [0.2, 0.25) is 0 Å². The molecule has 1 aromatic heterocycles. The van der Waals surface area contributed by atoms with Crippen molar-refractivity contribution in [1.82, 2.24) is 9.78 Å². The highest BCUT2D eigenvalue weighted by molar-refractivity contribution is 5.69. The summed E-state index contributed by atoms with van der Waals surface area (Å²) in [5, 5.41) is 4.29. The van der Waals surface area contributed by atoms with Crippen LogP contribution in [0.5, 0.6) is 0 Å². The number of aryl methyl sites for hydroxylation is 2. The highest BCUT2D eigenvalue weighted by Crippen LogP contribution is 2.27. The van der Waals surface area contributed by atoms with E-state index in [9.17, 15) is 4.39 Å². The van der Waals surface area contributed by atoms with Crippen molar-refractivity contribution in [2.24, 2.45) is 0 Å². The van der Waals surface area contributed by atoms with Crippen LogP contribution in [0.1, 0.15) is 12.6 Å². The van der Waals surface area contributed by atoms with Crippen molar-refractivity contribution in [3.8, 4) is 11.1 Å². The van der Waals surface area contributed by atoms with Crippen LogP contribution in [0.25, 0.3) is 11.1 Å². The van der Waals surface area contributed by atoms with Crippen molar-refractivity contribution in [2.75, 3.05) is 5.73 Å². The van der Waals surface area contributed by atoms with E-state index in [2.05, 4.69) is 5.10 Å². The first-order valence-electron chi connectivity index (χ1n) is 5.21. The Hall–Kier alpha value is -1.84.